The average molecular weight is 383 g/mol. The van der Waals surface area contributed by atoms with Crippen LogP contribution in [0.3, 0.4) is 0 Å². The Hall–Kier alpha value is -3.55. The molecule has 2 aromatic rings. The summed E-state index contributed by atoms with van der Waals surface area (Å²) in [6.45, 7) is 1.65. The third-order valence-corrected chi connectivity index (χ3v) is 4.53. The van der Waals surface area contributed by atoms with Gasteiger partial charge in [0.05, 0.1) is 27.5 Å². The van der Waals surface area contributed by atoms with Crippen molar-refractivity contribution in [2.75, 3.05) is 21.3 Å². The Balaban J connectivity index is 1.91. The van der Waals surface area contributed by atoms with Gasteiger partial charge in [-0.3, -0.25) is 4.79 Å². The van der Waals surface area contributed by atoms with E-state index in [4.69, 9.17) is 14.2 Å². The topological polar surface area (TPSA) is 89.5 Å². The van der Waals surface area contributed by atoms with Crippen molar-refractivity contribution in [2.45, 2.75) is 12.5 Å². The SMILES string of the molecule is COc1cc(/C=N\N2C(=O)N[C@](C)(c3ccccc3)C2=O)cc(OC)c1OC. The predicted octanol–water partition coefficient (Wildman–Crippen LogP) is 2.51. The van der Waals surface area contributed by atoms with Gasteiger partial charge in [-0.15, -0.1) is 5.01 Å². The molecule has 0 saturated carbocycles. The summed E-state index contributed by atoms with van der Waals surface area (Å²) in [5.41, 5.74) is 0.0765. The average Bonchev–Trinajstić information content (AvgIpc) is 2.95. The van der Waals surface area contributed by atoms with Gasteiger partial charge in [0.25, 0.3) is 5.91 Å². The molecule has 1 heterocycles. The number of nitrogens with zero attached hydrogens (tertiary/aromatic N) is 2. The van der Waals surface area contributed by atoms with Crippen LogP contribution in [0.15, 0.2) is 47.6 Å². The fourth-order valence-corrected chi connectivity index (χ4v) is 3.00. The maximum Gasteiger partial charge on any atom is 0.346 e. The van der Waals surface area contributed by atoms with Gasteiger partial charge in [0.1, 0.15) is 5.54 Å². The Kier molecular flexibility index (Phi) is 5.21. The van der Waals surface area contributed by atoms with Crippen LogP contribution in [0.1, 0.15) is 18.1 Å². The van der Waals surface area contributed by atoms with Crippen molar-refractivity contribution < 1.29 is 23.8 Å². The van der Waals surface area contributed by atoms with E-state index in [2.05, 4.69) is 10.4 Å². The Labute approximate surface area is 162 Å². The number of ether oxygens (including phenoxy) is 3. The lowest BCUT2D eigenvalue weighted by atomic mass is 9.92. The molecule has 28 heavy (non-hydrogen) atoms. The van der Waals surface area contributed by atoms with Crippen LogP contribution in [0.2, 0.25) is 0 Å². The fourth-order valence-electron chi connectivity index (χ4n) is 3.00. The Bertz CT molecular complexity index is 904. The molecule has 8 heteroatoms. The van der Waals surface area contributed by atoms with Crippen molar-refractivity contribution in [3.63, 3.8) is 0 Å². The molecule has 1 aliphatic heterocycles. The number of amides is 3. The van der Waals surface area contributed by atoms with E-state index in [9.17, 15) is 9.59 Å². The zero-order valence-electron chi connectivity index (χ0n) is 16.1. The number of benzene rings is 2. The standard InChI is InChI=1S/C20H21N3O5/c1-20(14-8-6-5-7-9-14)18(24)23(19(25)22-20)21-12-13-10-15(26-2)17(28-4)16(11-13)27-3/h5-12H,1-4H3,(H,22,25)/b21-12-/t20-/m1/s1. The summed E-state index contributed by atoms with van der Waals surface area (Å²) in [6, 6.07) is 11.8. The number of methoxy groups -OCH3 is 3. The molecular formula is C20H21N3O5. The minimum Gasteiger partial charge on any atom is -0.493 e. The molecule has 3 rings (SSSR count). The van der Waals surface area contributed by atoms with Gasteiger partial charge in [0.2, 0.25) is 5.75 Å². The molecule has 1 N–H and O–H groups in total. The molecule has 1 aliphatic rings. The smallest absolute Gasteiger partial charge is 0.346 e. The second-order valence-electron chi connectivity index (χ2n) is 6.24. The van der Waals surface area contributed by atoms with Crippen molar-refractivity contribution in [2.24, 2.45) is 5.10 Å². The number of hydrazone groups is 1. The molecule has 1 fully saturated rings. The zero-order chi connectivity index (χ0) is 20.3. The van der Waals surface area contributed by atoms with E-state index in [1.54, 1.807) is 31.2 Å². The van der Waals surface area contributed by atoms with Crippen molar-refractivity contribution in [1.29, 1.82) is 0 Å². The molecule has 0 unspecified atom stereocenters. The molecule has 1 saturated heterocycles. The Morgan fingerprint density at radius 1 is 1.00 bits per heavy atom. The zero-order valence-corrected chi connectivity index (χ0v) is 16.1. The van der Waals surface area contributed by atoms with E-state index in [1.165, 1.54) is 27.5 Å². The minimum atomic E-state index is -1.18. The summed E-state index contributed by atoms with van der Waals surface area (Å²) in [6.07, 6.45) is 1.39. The maximum absolute atomic E-state index is 12.9. The number of rotatable bonds is 6. The maximum atomic E-state index is 12.9. The van der Waals surface area contributed by atoms with Crippen LogP contribution in [-0.2, 0) is 10.3 Å². The van der Waals surface area contributed by atoms with Gasteiger partial charge < -0.3 is 19.5 Å². The van der Waals surface area contributed by atoms with E-state index in [0.29, 0.717) is 28.4 Å². The molecule has 0 aliphatic carbocycles. The first kappa shape index (κ1) is 19.2. The van der Waals surface area contributed by atoms with E-state index in [1.807, 2.05) is 18.2 Å². The normalized spacial score (nSPS) is 19.1. The summed E-state index contributed by atoms with van der Waals surface area (Å²) >= 11 is 0. The first-order chi connectivity index (χ1) is 13.4. The molecule has 0 bridgehead atoms. The van der Waals surface area contributed by atoms with Crippen LogP contribution in [0.4, 0.5) is 4.79 Å². The molecular weight excluding hydrogens is 362 g/mol. The van der Waals surface area contributed by atoms with Gasteiger partial charge in [-0.2, -0.15) is 5.10 Å². The Morgan fingerprint density at radius 2 is 1.61 bits per heavy atom. The molecule has 8 nitrogen and oxygen atoms in total. The summed E-state index contributed by atoms with van der Waals surface area (Å²) in [5.74, 6) is 0.852. The lowest BCUT2D eigenvalue weighted by Gasteiger charge is -2.20. The van der Waals surface area contributed by atoms with E-state index < -0.39 is 17.5 Å². The van der Waals surface area contributed by atoms with Gasteiger partial charge in [-0.1, -0.05) is 30.3 Å². The first-order valence-corrected chi connectivity index (χ1v) is 8.50. The third kappa shape index (κ3) is 3.24. The van der Waals surface area contributed by atoms with Crippen molar-refractivity contribution in [3.8, 4) is 17.2 Å². The molecule has 0 radical (unpaired) electrons. The predicted molar refractivity (Wildman–Crippen MR) is 103 cm³/mol. The number of hydrogen-bond acceptors (Lipinski definition) is 6. The summed E-state index contributed by atoms with van der Waals surface area (Å²) in [7, 11) is 4.51. The first-order valence-electron chi connectivity index (χ1n) is 8.50. The summed E-state index contributed by atoms with van der Waals surface area (Å²) in [5, 5.41) is 7.59. The van der Waals surface area contributed by atoms with Crippen molar-refractivity contribution in [1.82, 2.24) is 10.3 Å². The number of hydrogen-bond donors (Lipinski definition) is 1. The highest BCUT2D eigenvalue weighted by Gasteiger charge is 2.49. The number of nitrogens with one attached hydrogen (secondary N) is 1. The highest BCUT2D eigenvalue weighted by Crippen LogP contribution is 2.38. The minimum absolute atomic E-state index is 0.439. The van der Waals surface area contributed by atoms with E-state index >= 15 is 0 Å². The molecule has 146 valence electrons. The largest absolute Gasteiger partial charge is 0.493 e. The number of carbonyl (C=O) groups excluding carboxylic acids is 2. The number of imide groups is 1. The van der Waals surface area contributed by atoms with E-state index in [-0.39, 0.29) is 0 Å². The van der Waals surface area contributed by atoms with Crippen molar-refractivity contribution >= 4 is 18.2 Å². The molecule has 0 aromatic heterocycles. The van der Waals surface area contributed by atoms with Gasteiger partial charge in [0.15, 0.2) is 11.5 Å². The van der Waals surface area contributed by atoms with Gasteiger partial charge in [-0.25, -0.2) is 4.79 Å². The van der Waals surface area contributed by atoms with Crippen LogP contribution < -0.4 is 19.5 Å². The van der Waals surface area contributed by atoms with Crippen LogP contribution in [0.5, 0.6) is 17.2 Å². The van der Waals surface area contributed by atoms with Crippen LogP contribution in [0.25, 0.3) is 0 Å². The highest BCUT2D eigenvalue weighted by atomic mass is 16.5. The second kappa shape index (κ2) is 7.59. The van der Waals surface area contributed by atoms with Gasteiger partial charge in [-0.05, 0) is 24.6 Å². The van der Waals surface area contributed by atoms with E-state index in [0.717, 1.165) is 5.01 Å². The monoisotopic (exact) mass is 383 g/mol. The molecule has 0 spiro atoms. The fraction of sp³-hybridized carbons (Fsp3) is 0.250. The second-order valence-corrected chi connectivity index (χ2v) is 6.24. The summed E-state index contributed by atoms with van der Waals surface area (Å²) in [4.78, 5) is 25.2. The van der Waals surface area contributed by atoms with Gasteiger partial charge >= 0.3 is 6.03 Å². The third-order valence-electron chi connectivity index (χ3n) is 4.53. The van der Waals surface area contributed by atoms with Gasteiger partial charge in [0, 0.05) is 5.56 Å². The highest BCUT2D eigenvalue weighted by molar-refractivity contribution is 6.07. The number of carbonyl (C=O) groups is 2. The molecule has 3 amide bonds. The van der Waals surface area contributed by atoms with Crippen molar-refractivity contribution in [3.05, 3.63) is 53.6 Å². The lowest BCUT2D eigenvalue weighted by Crippen LogP contribution is -2.40. The van der Waals surface area contributed by atoms with Crippen LogP contribution in [-0.4, -0.2) is 44.5 Å². The quantitative estimate of drug-likeness (QED) is 0.612. The molecule has 1 atom stereocenters. The van der Waals surface area contributed by atoms with Crippen LogP contribution >= 0.6 is 0 Å². The molecule has 2 aromatic carbocycles. The number of urea groups is 1. The Morgan fingerprint density at radius 3 is 2.14 bits per heavy atom. The van der Waals surface area contributed by atoms with Crippen LogP contribution in [0, 0.1) is 0 Å². The lowest BCUT2D eigenvalue weighted by molar-refractivity contribution is -0.131. The summed E-state index contributed by atoms with van der Waals surface area (Å²) < 4.78 is 15.9.